The van der Waals surface area contributed by atoms with Crippen molar-refractivity contribution in [2.45, 2.75) is 0 Å². The van der Waals surface area contributed by atoms with Gasteiger partial charge in [0.15, 0.2) is 0 Å². The van der Waals surface area contributed by atoms with Crippen molar-refractivity contribution in [2.75, 3.05) is 14.2 Å². The Morgan fingerprint density at radius 3 is 1.39 bits per heavy atom. The zero-order chi connectivity index (χ0) is 20.2. The molecule has 28 heavy (non-hydrogen) atoms. The van der Waals surface area contributed by atoms with Gasteiger partial charge in [-0.2, -0.15) is 0 Å². The predicted octanol–water partition coefficient (Wildman–Crippen LogP) is 6.17. The van der Waals surface area contributed by atoms with Crippen molar-refractivity contribution in [3.05, 3.63) is 72.2 Å². The van der Waals surface area contributed by atoms with Gasteiger partial charge >= 0.3 is 33.3 Å². The minimum absolute atomic E-state index is 0.194. The van der Waals surface area contributed by atoms with Crippen molar-refractivity contribution >= 4 is 44.0 Å². The van der Waals surface area contributed by atoms with E-state index in [2.05, 4.69) is 9.98 Å². The molecule has 2 aromatic carbocycles. The van der Waals surface area contributed by atoms with Crippen molar-refractivity contribution in [1.82, 2.24) is 0 Å². The monoisotopic (exact) mass is 460 g/mol. The molecule has 1 aromatic heterocycles. The van der Waals surface area contributed by atoms with Crippen LogP contribution in [0.2, 0.25) is 0 Å². The van der Waals surface area contributed by atoms with Gasteiger partial charge in [-0.25, -0.2) is 0 Å². The summed E-state index contributed by atoms with van der Waals surface area (Å²) >= 11 is 0.194. The zero-order valence-electron chi connectivity index (χ0n) is 15.2. The second-order valence-electron chi connectivity index (χ2n) is 5.20. The summed E-state index contributed by atoms with van der Waals surface area (Å²) in [6.45, 7) is 0. The molecule has 3 aromatic rings. The maximum absolute atomic E-state index is 5.67. The van der Waals surface area contributed by atoms with Crippen molar-refractivity contribution in [3.63, 3.8) is 0 Å². The molecule has 0 aliphatic rings. The third-order valence-electron chi connectivity index (χ3n) is 3.47. The van der Waals surface area contributed by atoms with Gasteiger partial charge in [-0.1, -0.05) is 0 Å². The van der Waals surface area contributed by atoms with Gasteiger partial charge in [-0.15, -0.1) is 0 Å². The summed E-state index contributed by atoms with van der Waals surface area (Å²) in [7, 11) is 12.8. The summed E-state index contributed by atoms with van der Waals surface area (Å²) in [6, 6.07) is 18.7. The number of benzene rings is 2. The molecule has 1 heterocycles. The Labute approximate surface area is 178 Å². The number of halogens is 2. The summed E-state index contributed by atoms with van der Waals surface area (Å²) in [6.07, 6.45) is 3.35. The van der Waals surface area contributed by atoms with E-state index in [1.807, 2.05) is 60.7 Å². The Bertz CT molecular complexity index is 823. The Morgan fingerprint density at radius 1 is 0.714 bits per heavy atom. The van der Waals surface area contributed by atoms with E-state index in [1.165, 1.54) is 0 Å². The first kappa shape index (κ1) is 22.1. The summed E-state index contributed by atoms with van der Waals surface area (Å²) < 4.78 is 15.9. The number of aliphatic imine (C=N–C) groups is 2. The fourth-order valence-electron chi connectivity index (χ4n) is 2.12. The molecule has 0 bridgehead atoms. The molecule has 0 unspecified atom stereocenters. The Hall–Kier alpha value is -2.24. The molecular formula is C20H18Cl2FeN2O3. The molecule has 3 rings (SSSR count). The van der Waals surface area contributed by atoms with Gasteiger partial charge in [0.25, 0.3) is 0 Å². The predicted molar refractivity (Wildman–Crippen MR) is 111 cm³/mol. The van der Waals surface area contributed by atoms with Gasteiger partial charge in [0.2, 0.25) is 0 Å². The van der Waals surface area contributed by atoms with E-state index in [9.17, 15) is 0 Å². The van der Waals surface area contributed by atoms with Crippen LogP contribution >= 0.6 is 20.2 Å². The third kappa shape index (κ3) is 7.41. The Morgan fingerprint density at radius 2 is 1.07 bits per heavy atom. The van der Waals surface area contributed by atoms with Gasteiger partial charge in [0.1, 0.15) is 23.0 Å². The van der Waals surface area contributed by atoms with Crippen LogP contribution in [0.25, 0.3) is 0 Å². The maximum atomic E-state index is 5.67. The molecule has 0 aliphatic heterocycles. The van der Waals surface area contributed by atoms with Crippen LogP contribution in [-0.2, 0) is 13.1 Å². The van der Waals surface area contributed by atoms with Crippen LogP contribution in [0.3, 0.4) is 0 Å². The van der Waals surface area contributed by atoms with Gasteiger partial charge in [-0.05, 0) is 60.7 Å². The van der Waals surface area contributed by atoms with E-state index in [0.717, 1.165) is 22.9 Å². The van der Waals surface area contributed by atoms with E-state index in [0.29, 0.717) is 11.5 Å². The zero-order valence-corrected chi connectivity index (χ0v) is 17.8. The topological polar surface area (TPSA) is 56.3 Å². The Balaban J connectivity index is 0.000000878. The number of hydrogen-bond acceptors (Lipinski definition) is 5. The molecule has 0 saturated carbocycles. The van der Waals surface area contributed by atoms with Gasteiger partial charge in [0, 0.05) is 0 Å². The average molecular weight is 461 g/mol. The van der Waals surface area contributed by atoms with Crippen LogP contribution in [0.5, 0.6) is 11.5 Å². The van der Waals surface area contributed by atoms with Gasteiger partial charge in [0.05, 0.1) is 38.0 Å². The molecule has 0 N–H and O–H groups in total. The first-order valence-corrected chi connectivity index (χ1v) is 11.0. The van der Waals surface area contributed by atoms with Gasteiger partial charge < -0.3 is 13.9 Å². The second kappa shape index (κ2) is 12.3. The molecule has 0 radical (unpaired) electrons. The molecule has 0 aliphatic carbocycles. The molecule has 0 spiro atoms. The van der Waals surface area contributed by atoms with E-state index < -0.39 is 0 Å². The number of nitrogens with zero attached hydrogens (tertiary/aromatic N) is 2. The number of hydrogen-bond donors (Lipinski definition) is 0. The summed E-state index contributed by atoms with van der Waals surface area (Å²) in [4.78, 5) is 8.74. The number of furan rings is 1. The van der Waals surface area contributed by atoms with Crippen molar-refractivity contribution < 1.29 is 27.0 Å². The average Bonchev–Trinajstić information content (AvgIpc) is 3.20. The van der Waals surface area contributed by atoms with Crippen LogP contribution < -0.4 is 9.47 Å². The summed E-state index contributed by atoms with van der Waals surface area (Å²) in [5, 5.41) is 0. The molecule has 0 saturated heterocycles. The van der Waals surface area contributed by atoms with E-state index in [4.69, 9.17) is 34.1 Å². The number of rotatable bonds is 6. The van der Waals surface area contributed by atoms with Crippen LogP contribution in [-0.4, -0.2) is 26.6 Å². The third-order valence-corrected chi connectivity index (χ3v) is 3.47. The van der Waals surface area contributed by atoms with Crippen molar-refractivity contribution in [3.8, 4) is 11.5 Å². The van der Waals surface area contributed by atoms with Crippen LogP contribution in [0.4, 0.5) is 11.4 Å². The molecule has 5 nitrogen and oxygen atoms in total. The SMILES string of the molecule is COc1ccc(N=Cc2ccc(C=Nc3ccc(OC)cc3)o2)cc1.[Cl][Fe][Cl]. The van der Waals surface area contributed by atoms with Crippen molar-refractivity contribution in [1.29, 1.82) is 0 Å². The van der Waals surface area contributed by atoms with Crippen molar-refractivity contribution in [2.24, 2.45) is 9.98 Å². The quantitative estimate of drug-likeness (QED) is 0.326. The van der Waals surface area contributed by atoms with E-state index in [-0.39, 0.29) is 13.1 Å². The fourth-order valence-corrected chi connectivity index (χ4v) is 2.12. The molecular weight excluding hydrogens is 443 g/mol. The molecule has 0 atom stereocenters. The normalized spacial score (nSPS) is 10.9. The van der Waals surface area contributed by atoms with E-state index in [1.54, 1.807) is 26.6 Å². The van der Waals surface area contributed by atoms with Crippen LogP contribution in [0.15, 0.2) is 75.1 Å². The minimum atomic E-state index is 0.194. The fraction of sp³-hybridized carbons (Fsp3) is 0.100. The molecule has 8 heteroatoms. The first-order valence-electron chi connectivity index (χ1n) is 7.99. The number of methoxy groups -OCH3 is 2. The molecule has 0 fully saturated rings. The standard InChI is InChI=1S/C20H18N2O3.2ClH.Fe/c1-23-17-7-3-15(4-8-17)21-13-19-11-12-20(25-19)14-22-16-5-9-18(24-2)10-6-16;;;/h3-14H,1-2H3;2*1H;/q;;;+2/p-2. The van der Waals surface area contributed by atoms with Gasteiger partial charge in [-0.3, -0.25) is 9.98 Å². The second-order valence-corrected chi connectivity index (χ2v) is 7.03. The van der Waals surface area contributed by atoms with Crippen LogP contribution in [0, 0.1) is 0 Å². The summed E-state index contributed by atoms with van der Waals surface area (Å²) in [5.74, 6) is 2.92. The molecule has 0 amide bonds. The summed E-state index contributed by atoms with van der Waals surface area (Å²) in [5.41, 5.74) is 1.65. The number of ether oxygens (including phenoxy) is 2. The van der Waals surface area contributed by atoms with E-state index >= 15 is 0 Å². The first-order chi connectivity index (χ1) is 13.7. The Kier molecular flexibility index (Phi) is 9.66. The van der Waals surface area contributed by atoms with Crippen LogP contribution in [0.1, 0.15) is 11.5 Å². The molecule has 148 valence electrons.